The zero-order valence-electron chi connectivity index (χ0n) is 9.74. The number of ether oxygens (including phenoxy) is 1. The highest BCUT2D eigenvalue weighted by atomic mass is 35.5. The molecule has 0 amide bonds. The molecule has 10 heteroatoms. The molecule has 0 radical (unpaired) electrons. The molecule has 0 spiro atoms. The Balaban J connectivity index is 1.83. The predicted molar refractivity (Wildman–Crippen MR) is 68.7 cm³/mol. The molecule has 1 saturated carbocycles. The highest BCUT2D eigenvalue weighted by Crippen LogP contribution is 2.39. The van der Waals surface area contributed by atoms with E-state index in [4.69, 9.17) is 11.6 Å². The third-order valence-corrected chi connectivity index (χ3v) is 4.90. The third kappa shape index (κ3) is 2.58. The first-order chi connectivity index (χ1) is 9.19. The summed E-state index contributed by atoms with van der Waals surface area (Å²) in [5.74, 6) is -0.490. The van der Waals surface area contributed by atoms with Crippen molar-refractivity contribution in [2.75, 3.05) is 7.11 Å². The summed E-state index contributed by atoms with van der Waals surface area (Å²) >= 11 is 8.36. The van der Waals surface area contributed by atoms with Gasteiger partial charge in [-0.2, -0.15) is 0 Å². The van der Waals surface area contributed by atoms with Crippen LogP contribution in [0.5, 0.6) is 0 Å². The molecule has 2 heterocycles. The molecular formula is C9H8ClN5O2S2. The SMILES string of the molecule is COC(=O)c1sc(Sc2nnnn2C2CC2)nc1Cl. The molecule has 2 aromatic rings. The van der Waals surface area contributed by atoms with Gasteiger partial charge in [-0.3, -0.25) is 0 Å². The van der Waals surface area contributed by atoms with Crippen molar-refractivity contribution in [2.24, 2.45) is 0 Å². The Labute approximate surface area is 121 Å². The van der Waals surface area contributed by atoms with Crippen molar-refractivity contribution < 1.29 is 9.53 Å². The van der Waals surface area contributed by atoms with Gasteiger partial charge in [-0.25, -0.2) is 14.5 Å². The molecule has 3 rings (SSSR count). The number of methoxy groups -OCH3 is 1. The summed E-state index contributed by atoms with van der Waals surface area (Å²) in [4.78, 5) is 15.8. The molecule has 0 saturated heterocycles. The number of thiazole rings is 1. The minimum atomic E-state index is -0.490. The molecule has 0 N–H and O–H groups in total. The number of aromatic nitrogens is 5. The number of rotatable bonds is 4. The summed E-state index contributed by atoms with van der Waals surface area (Å²) in [6, 6.07) is 0.382. The van der Waals surface area contributed by atoms with Crippen molar-refractivity contribution in [3.63, 3.8) is 0 Å². The summed E-state index contributed by atoms with van der Waals surface area (Å²) in [6.07, 6.45) is 2.18. The lowest BCUT2D eigenvalue weighted by molar-refractivity contribution is 0.0606. The van der Waals surface area contributed by atoms with Crippen LogP contribution in [0.2, 0.25) is 5.15 Å². The number of hydrogen-bond donors (Lipinski definition) is 0. The Hall–Kier alpha value is -1.19. The van der Waals surface area contributed by atoms with Crippen molar-refractivity contribution in [1.82, 2.24) is 25.2 Å². The maximum absolute atomic E-state index is 11.4. The Morgan fingerprint density at radius 1 is 1.58 bits per heavy atom. The molecule has 2 aromatic heterocycles. The second-order valence-electron chi connectivity index (χ2n) is 3.83. The number of halogens is 1. The highest BCUT2D eigenvalue weighted by Gasteiger charge is 2.29. The average molecular weight is 318 g/mol. The second kappa shape index (κ2) is 5.06. The van der Waals surface area contributed by atoms with E-state index in [9.17, 15) is 4.79 Å². The van der Waals surface area contributed by atoms with Crippen molar-refractivity contribution in [1.29, 1.82) is 0 Å². The van der Waals surface area contributed by atoms with Gasteiger partial charge in [0, 0.05) is 0 Å². The molecule has 1 aliphatic carbocycles. The maximum Gasteiger partial charge on any atom is 0.351 e. The zero-order chi connectivity index (χ0) is 13.4. The Bertz CT molecular complexity index is 624. The number of carbonyl (C=O) groups excluding carboxylic acids is 1. The van der Waals surface area contributed by atoms with Crippen LogP contribution in [0.25, 0.3) is 0 Å². The summed E-state index contributed by atoms with van der Waals surface area (Å²) in [5.41, 5.74) is 0. The van der Waals surface area contributed by atoms with Crippen LogP contribution in [-0.4, -0.2) is 38.3 Å². The summed E-state index contributed by atoms with van der Waals surface area (Å²) in [5, 5.41) is 12.3. The van der Waals surface area contributed by atoms with E-state index in [-0.39, 0.29) is 10.0 Å². The van der Waals surface area contributed by atoms with E-state index in [0.29, 0.717) is 15.5 Å². The van der Waals surface area contributed by atoms with Crippen LogP contribution in [0.1, 0.15) is 28.6 Å². The first kappa shape index (κ1) is 12.8. The summed E-state index contributed by atoms with van der Waals surface area (Å²) in [6.45, 7) is 0. The van der Waals surface area contributed by atoms with E-state index >= 15 is 0 Å². The van der Waals surface area contributed by atoms with Crippen molar-refractivity contribution in [2.45, 2.75) is 28.4 Å². The minimum absolute atomic E-state index is 0.143. The van der Waals surface area contributed by atoms with Crippen molar-refractivity contribution in [3.05, 3.63) is 10.0 Å². The number of nitrogens with zero attached hydrogens (tertiary/aromatic N) is 5. The first-order valence-corrected chi connectivity index (χ1v) is 7.40. The van der Waals surface area contributed by atoms with Gasteiger partial charge >= 0.3 is 5.97 Å². The molecule has 1 fully saturated rings. The summed E-state index contributed by atoms with van der Waals surface area (Å²) < 4.78 is 7.02. The Kier molecular flexibility index (Phi) is 3.42. The molecule has 1 aliphatic rings. The van der Waals surface area contributed by atoms with Crippen LogP contribution < -0.4 is 0 Å². The monoisotopic (exact) mass is 317 g/mol. The zero-order valence-corrected chi connectivity index (χ0v) is 12.1. The van der Waals surface area contributed by atoms with Gasteiger partial charge in [0.25, 0.3) is 0 Å². The van der Waals surface area contributed by atoms with E-state index in [2.05, 4.69) is 25.2 Å². The fourth-order valence-corrected chi connectivity index (χ4v) is 3.70. The molecule has 0 bridgehead atoms. The molecule has 7 nitrogen and oxygen atoms in total. The van der Waals surface area contributed by atoms with E-state index in [1.807, 2.05) is 0 Å². The molecular weight excluding hydrogens is 310 g/mol. The van der Waals surface area contributed by atoms with E-state index in [1.54, 1.807) is 4.68 Å². The van der Waals surface area contributed by atoms with Gasteiger partial charge in [0.15, 0.2) is 14.4 Å². The fourth-order valence-electron chi connectivity index (χ4n) is 1.42. The fraction of sp³-hybridized carbons (Fsp3) is 0.444. The largest absolute Gasteiger partial charge is 0.465 e. The lowest BCUT2D eigenvalue weighted by Gasteiger charge is -1.98. The lowest BCUT2D eigenvalue weighted by Crippen LogP contribution is -1.98. The van der Waals surface area contributed by atoms with Crippen LogP contribution in [0.4, 0.5) is 0 Å². The van der Waals surface area contributed by atoms with Crippen LogP contribution in [0.15, 0.2) is 9.50 Å². The first-order valence-electron chi connectivity index (χ1n) is 5.39. The number of hydrogen-bond acceptors (Lipinski definition) is 8. The standard InChI is InChI=1S/C9H8ClN5O2S2/c1-17-7(16)5-6(10)11-9(18-5)19-8-12-13-14-15(8)4-2-3-4/h4H,2-3H2,1H3. The molecule has 0 aliphatic heterocycles. The van der Waals surface area contributed by atoms with Gasteiger partial charge in [0.05, 0.1) is 13.2 Å². The molecule has 100 valence electrons. The van der Waals surface area contributed by atoms with Crippen LogP contribution in [0.3, 0.4) is 0 Å². The van der Waals surface area contributed by atoms with Gasteiger partial charge in [-0.15, -0.1) is 5.10 Å². The van der Waals surface area contributed by atoms with Gasteiger partial charge in [0.1, 0.15) is 0 Å². The smallest absolute Gasteiger partial charge is 0.351 e. The normalized spacial score (nSPS) is 14.6. The van der Waals surface area contributed by atoms with Crippen LogP contribution in [-0.2, 0) is 4.74 Å². The molecule has 0 unspecified atom stereocenters. The number of esters is 1. The van der Waals surface area contributed by atoms with E-state index in [0.717, 1.165) is 12.8 Å². The minimum Gasteiger partial charge on any atom is -0.465 e. The van der Waals surface area contributed by atoms with Gasteiger partial charge < -0.3 is 4.74 Å². The van der Waals surface area contributed by atoms with Crippen LogP contribution in [0, 0.1) is 0 Å². The highest BCUT2D eigenvalue weighted by molar-refractivity contribution is 8.00. The lowest BCUT2D eigenvalue weighted by atomic mass is 10.6. The van der Waals surface area contributed by atoms with Gasteiger partial charge in [-0.05, 0) is 35.0 Å². The van der Waals surface area contributed by atoms with Gasteiger partial charge in [0.2, 0.25) is 5.16 Å². The third-order valence-electron chi connectivity index (χ3n) is 2.47. The predicted octanol–water partition coefficient (Wildman–Crippen LogP) is 2.06. The second-order valence-corrected chi connectivity index (χ2v) is 6.40. The Morgan fingerprint density at radius 2 is 2.37 bits per heavy atom. The number of carbonyl (C=O) groups is 1. The quantitative estimate of drug-likeness (QED) is 0.798. The maximum atomic E-state index is 11.4. The summed E-state index contributed by atoms with van der Waals surface area (Å²) in [7, 11) is 1.30. The van der Waals surface area contributed by atoms with Crippen LogP contribution >= 0.6 is 34.7 Å². The van der Waals surface area contributed by atoms with Crippen molar-refractivity contribution >= 4 is 40.7 Å². The number of tetrazole rings is 1. The average Bonchev–Trinajstić information content (AvgIpc) is 3.04. The topological polar surface area (TPSA) is 82.8 Å². The van der Waals surface area contributed by atoms with Crippen molar-refractivity contribution in [3.8, 4) is 0 Å². The molecule has 0 aromatic carbocycles. The Morgan fingerprint density at radius 3 is 3.05 bits per heavy atom. The molecule has 0 atom stereocenters. The van der Waals surface area contributed by atoms with E-state index in [1.165, 1.54) is 30.2 Å². The molecule has 19 heavy (non-hydrogen) atoms. The van der Waals surface area contributed by atoms with Gasteiger partial charge in [-0.1, -0.05) is 22.9 Å². The van der Waals surface area contributed by atoms with E-state index < -0.39 is 5.97 Å².